The van der Waals surface area contributed by atoms with Gasteiger partial charge in [-0.3, -0.25) is 58.3 Å². The summed E-state index contributed by atoms with van der Waals surface area (Å²) in [6.45, 7) is 4.22. The van der Waals surface area contributed by atoms with Gasteiger partial charge in [0.1, 0.15) is 43.0 Å². The molecule has 26 heteroatoms. The van der Waals surface area contributed by atoms with Gasteiger partial charge in [-0.25, -0.2) is 0 Å². The number of imide groups is 1. The standard InChI is InChI=1S/C36H60N14O10.CH2O.Tc/c1-3-21(31(56)47-28(53)19-42-27(52)18-43-30(55)20(2)44-26(51)16-37)45-33(58)24-10-6-14-49(24)35(60)25-11-7-15-50(25)34(59)22(8-4-12-41-36(39)40)46-32(57)23-9-5-13-48(23)29(54)17-38;1-2;/h20-25H,3-19,37-38H2,1-2H3,(H,42,52)(H,43,55)(H,44,51)(H,45,58)(H,46,57)(H4,39,40,41)(H,47,53,56);1H2;/t20?,21-,22-,23-,24-,25-;;/m0../s1. The first-order valence-corrected chi connectivity index (χ1v) is 20.5. The van der Waals surface area contributed by atoms with Gasteiger partial charge in [0.05, 0.1) is 26.2 Å². The zero-order chi connectivity index (χ0) is 46.5. The van der Waals surface area contributed by atoms with Gasteiger partial charge in [-0.1, -0.05) is 6.92 Å². The van der Waals surface area contributed by atoms with Crippen molar-refractivity contribution in [3.63, 3.8) is 0 Å². The maximum absolute atomic E-state index is 14.1. The van der Waals surface area contributed by atoms with Gasteiger partial charge in [0.2, 0.25) is 59.1 Å². The maximum atomic E-state index is 14.1. The van der Waals surface area contributed by atoms with Crippen molar-refractivity contribution in [2.24, 2.45) is 27.9 Å². The minimum Gasteiger partial charge on any atom is -0.370 e. The summed E-state index contributed by atoms with van der Waals surface area (Å²) in [4.78, 5) is 145. The third kappa shape index (κ3) is 16.9. The number of aliphatic imine (C=N–C) groups is 1. The Hall–Kier alpha value is -5.59. The molecular formula is C37H62N14O11Tc. The van der Waals surface area contributed by atoms with Crippen LogP contribution in [0, 0.1) is 0 Å². The van der Waals surface area contributed by atoms with Gasteiger partial charge in [0, 0.05) is 46.3 Å². The topological polar surface area (TPSA) is 386 Å². The minimum absolute atomic E-state index is 0. The van der Waals surface area contributed by atoms with E-state index in [4.69, 9.17) is 27.7 Å². The van der Waals surface area contributed by atoms with Crippen LogP contribution < -0.4 is 54.8 Å². The summed E-state index contributed by atoms with van der Waals surface area (Å²) in [5.74, 6) is -6.37. The molecule has 6 atom stereocenters. The molecule has 0 saturated carbocycles. The molecule has 3 aliphatic heterocycles. The molecule has 3 aliphatic rings. The second-order valence-corrected chi connectivity index (χ2v) is 14.7. The monoisotopic (exact) mass is 975 g/mol. The predicted molar refractivity (Wildman–Crippen MR) is 220 cm³/mol. The molecule has 63 heavy (non-hydrogen) atoms. The van der Waals surface area contributed by atoms with Crippen molar-refractivity contribution in [1.29, 1.82) is 0 Å². The first-order valence-electron chi connectivity index (χ1n) is 20.5. The SMILES string of the molecule is C=O.CC[C@H](NC(=O)[C@@H]1CCCN1C(=O)[C@@H]1CCCN1C(=O)[C@H](CCCN=C(N)N)NC(=O)[C@@H]1CCCN1C(=O)CN)C(=O)NC(=O)CNC(=O)CNC(=O)C(C)NC(=O)CN.[Tc]. The quantitative estimate of drug-likeness (QED) is 0.0308. The van der Waals surface area contributed by atoms with Crippen molar-refractivity contribution < 1.29 is 72.8 Å². The molecule has 1 radical (unpaired) electrons. The number of hydrogen-bond donors (Lipinski definition) is 10. The molecule has 3 fully saturated rings. The molecule has 25 nitrogen and oxygen atoms in total. The molecule has 1 unspecified atom stereocenters. The molecule has 0 aromatic carbocycles. The molecule has 0 spiro atoms. The van der Waals surface area contributed by atoms with Crippen molar-refractivity contribution in [2.75, 3.05) is 52.4 Å². The average Bonchev–Trinajstić information content (AvgIpc) is 4.07. The Morgan fingerprint density at radius 3 is 1.79 bits per heavy atom. The number of guanidine groups is 1. The molecule has 0 aliphatic carbocycles. The number of hydrogen-bond acceptors (Lipinski definition) is 14. The zero-order valence-corrected chi connectivity index (χ0v) is 37.5. The number of carbonyl (C=O) groups is 11. The summed E-state index contributed by atoms with van der Waals surface area (Å²) in [7, 11) is 0. The first-order chi connectivity index (χ1) is 29.5. The van der Waals surface area contributed by atoms with E-state index >= 15 is 0 Å². The Bertz CT molecular complexity index is 1680. The Balaban J connectivity index is 0.00000652. The molecule has 10 amide bonds. The molecule has 0 aromatic heterocycles. The van der Waals surface area contributed by atoms with E-state index < -0.39 is 103 Å². The Morgan fingerprint density at radius 1 is 0.683 bits per heavy atom. The van der Waals surface area contributed by atoms with Crippen LogP contribution in [-0.4, -0.2) is 175 Å². The van der Waals surface area contributed by atoms with Crippen LogP contribution in [0.2, 0.25) is 0 Å². The van der Waals surface area contributed by atoms with E-state index in [1.165, 1.54) is 21.6 Å². The number of nitrogens with zero attached hydrogens (tertiary/aromatic N) is 4. The van der Waals surface area contributed by atoms with Gasteiger partial charge in [0.15, 0.2) is 5.96 Å². The van der Waals surface area contributed by atoms with E-state index in [1.54, 1.807) is 6.92 Å². The van der Waals surface area contributed by atoms with Crippen molar-refractivity contribution in [2.45, 2.75) is 108 Å². The number of nitrogens with one attached hydrogen (secondary N) is 6. The Labute approximate surface area is 378 Å². The molecule has 0 bridgehead atoms. The number of nitrogens with two attached hydrogens (primary N) is 4. The molecule has 3 rings (SSSR count). The van der Waals surface area contributed by atoms with Gasteiger partial charge in [-0.2, -0.15) is 0 Å². The average molecular weight is 977 g/mol. The summed E-state index contributed by atoms with van der Waals surface area (Å²) in [5.41, 5.74) is 21.7. The summed E-state index contributed by atoms with van der Waals surface area (Å²) >= 11 is 0. The van der Waals surface area contributed by atoms with Crippen LogP contribution in [0.15, 0.2) is 4.99 Å². The third-order valence-corrected chi connectivity index (χ3v) is 10.4. The minimum atomic E-state index is -1.18. The molecule has 14 N–H and O–H groups in total. The van der Waals surface area contributed by atoms with Crippen molar-refractivity contribution in [1.82, 2.24) is 46.6 Å². The van der Waals surface area contributed by atoms with E-state index in [-0.39, 0.29) is 84.0 Å². The van der Waals surface area contributed by atoms with Gasteiger partial charge >= 0.3 is 0 Å². The number of likely N-dealkylation sites (tertiary alicyclic amines) is 3. The zero-order valence-electron chi connectivity index (χ0n) is 35.7. The second kappa shape index (κ2) is 28.2. The smallest absolute Gasteiger partial charge is 0.249 e. The Kier molecular flexibility index (Phi) is 24.8. The summed E-state index contributed by atoms with van der Waals surface area (Å²) < 4.78 is 0. The molecule has 0 aromatic rings. The Morgan fingerprint density at radius 2 is 1.22 bits per heavy atom. The second-order valence-electron chi connectivity index (χ2n) is 14.7. The van der Waals surface area contributed by atoms with Crippen LogP contribution in [0.4, 0.5) is 0 Å². The van der Waals surface area contributed by atoms with E-state index in [1.807, 2.05) is 6.79 Å². The number of rotatable bonds is 20. The number of carbonyl (C=O) groups excluding carboxylic acids is 11. The molecule has 3 heterocycles. The third-order valence-electron chi connectivity index (χ3n) is 10.4. The maximum Gasteiger partial charge on any atom is 0.249 e. The van der Waals surface area contributed by atoms with Crippen LogP contribution in [-0.2, 0) is 72.8 Å². The summed E-state index contributed by atoms with van der Waals surface area (Å²) in [6, 6.07) is -5.92. The molecule has 3 saturated heterocycles. The van der Waals surface area contributed by atoms with E-state index in [2.05, 4.69) is 36.9 Å². The van der Waals surface area contributed by atoms with Crippen LogP contribution in [0.1, 0.15) is 71.6 Å². The van der Waals surface area contributed by atoms with Crippen molar-refractivity contribution in [3.05, 3.63) is 0 Å². The van der Waals surface area contributed by atoms with Gasteiger partial charge in [0.25, 0.3) is 0 Å². The van der Waals surface area contributed by atoms with Gasteiger partial charge in [-0.05, 0) is 64.7 Å². The first kappa shape index (κ1) is 55.4. The fraction of sp³-hybridized carbons (Fsp3) is 0.676. The van der Waals surface area contributed by atoms with Crippen LogP contribution in [0.3, 0.4) is 0 Å². The number of amides is 10. The normalized spacial score (nSPS) is 19.0. The fourth-order valence-electron chi connectivity index (χ4n) is 7.28. The summed E-state index contributed by atoms with van der Waals surface area (Å²) in [6.07, 6.45) is 3.05. The molecular weight excluding hydrogens is 914 g/mol. The van der Waals surface area contributed by atoms with Crippen LogP contribution in [0.25, 0.3) is 0 Å². The van der Waals surface area contributed by atoms with Crippen molar-refractivity contribution in [3.8, 4) is 0 Å². The van der Waals surface area contributed by atoms with Gasteiger partial charge in [-0.15, -0.1) is 0 Å². The fourth-order valence-corrected chi connectivity index (χ4v) is 7.28. The largest absolute Gasteiger partial charge is 0.370 e. The van der Waals surface area contributed by atoms with Crippen LogP contribution >= 0.6 is 0 Å². The van der Waals surface area contributed by atoms with E-state index in [9.17, 15) is 47.9 Å². The van der Waals surface area contributed by atoms with Crippen molar-refractivity contribution >= 4 is 71.8 Å². The van der Waals surface area contributed by atoms with E-state index in [0.717, 1.165) is 0 Å². The summed E-state index contributed by atoms with van der Waals surface area (Å²) in [5, 5.41) is 14.4. The predicted octanol–water partition coefficient (Wildman–Crippen LogP) is -6.50. The van der Waals surface area contributed by atoms with E-state index in [0.29, 0.717) is 45.1 Å². The van der Waals surface area contributed by atoms with Gasteiger partial charge < -0.3 is 69.0 Å². The van der Waals surface area contributed by atoms with Crippen LogP contribution in [0.5, 0.6) is 0 Å². The molecule has 353 valence electrons.